The summed E-state index contributed by atoms with van der Waals surface area (Å²) >= 11 is 0. The Hall–Kier alpha value is -2.41. The Labute approximate surface area is 165 Å². The largest absolute Gasteiger partial charge is 0.444 e. The van der Waals surface area contributed by atoms with Crippen molar-refractivity contribution in [1.29, 1.82) is 0 Å². The maximum atomic E-state index is 12.2. The maximum Gasteiger partial charge on any atom is 0.410 e. The zero-order valence-electron chi connectivity index (χ0n) is 17.4. The molecule has 0 unspecified atom stereocenters. The third-order valence-electron chi connectivity index (χ3n) is 5.17. The fourth-order valence-corrected chi connectivity index (χ4v) is 3.46. The fraction of sp³-hybridized carbons (Fsp3) is 0.571. The van der Waals surface area contributed by atoms with E-state index in [0.29, 0.717) is 19.5 Å². The van der Waals surface area contributed by atoms with Crippen LogP contribution < -0.4 is 5.56 Å². The van der Waals surface area contributed by atoms with E-state index in [9.17, 15) is 9.59 Å². The highest BCUT2D eigenvalue weighted by Crippen LogP contribution is 2.24. The first-order valence-corrected chi connectivity index (χ1v) is 9.92. The van der Waals surface area contributed by atoms with Gasteiger partial charge >= 0.3 is 6.09 Å². The molecule has 1 atom stereocenters. The molecule has 28 heavy (non-hydrogen) atoms. The van der Waals surface area contributed by atoms with E-state index in [4.69, 9.17) is 4.74 Å². The van der Waals surface area contributed by atoms with Crippen molar-refractivity contribution in [2.24, 2.45) is 0 Å². The second-order valence-electron chi connectivity index (χ2n) is 8.36. The second kappa shape index (κ2) is 7.91. The lowest BCUT2D eigenvalue weighted by Crippen LogP contribution is -2.50. The second-order valence-corrected chi connectivity index (χ2v) is 8.36. The summed E-state index contributed by atoms with van der Waals surface area (Å²) < 4.78 is 5.46. The zero-order chi connectivity index (χ0) is 20.5. The van der Waals surface area contributed by atoms with Crippen LogP contribution in [0.1, 0.15) is 51.8 Å². The van der Waals surface area contributed by atoms with Gasteiger partial charge in [-0.3, -0.25) is 14.7 Å². The first-order valence-electron chi connectivity index (χ1n) is 9.92. The number of hydrogen-bond donors (Lipinski definition) is 1. The monoisotopic (exact) mass is 386 g/mol. The molecule has 7 nitrogen and oxygen atoms in total. The van der Waals surface area contributed by atoms with Crippen LogP contribution >= 0.6 is 0 Å². The molecule has 0 aromatic carbocycles. The van der Waals surface area contributed by atoms with Gasteiger partial charge in [0.2, 0.25) is 0 Å². The van der Waals surface area contributed by atoms with Gasteiger partial charge in [-0.25, -0.2) is 4.79 Å². The van der Waals surface area contributed by atoms with Gasteiger partial charge in [-0.05, 0) is 51.8 Å². The number of hydrogen-bond acceptors (Lipinski definition) is 5. The molecule has 0 saturated carbocycles. The lowest BCUT2D eigenvalue weighted by Gasteiger charge is -2.38. The van der Waals surface area contributed by atoms with Gasteiger partial charge in [0, 0.05) is 44.0 Å². The number of piperazine rings is 1. The van der Waals surface area contributed by atoms with E-state index < -0.39 is 5.60 Å². The number of H-pyrrole nitrogens is 1. The van der Waals surface area contributed by atoms with Crippen LogP contribution in [-0.2, 0) is 11.2 Å². The van der Waals surface area contributed by atoms with Crippen molar-refractivity contribution in [2.75, 3.05) is 26.2 Å². The summed E-state index contributed by atoms with van der Waals surface area (Å²) in [6.07, 6.45) is 2.31. The number of aromatic amines is 1. The minimum Gasteiger partial charge on any atom is -0.444 e. The number of rotatable bonds is 3. The van der Waals surface area contributed by atoms with E-state index in [1.54, 1.807) is 4.90 Å². The molecule has 152 valence electrons. The molecule has 1 amide bonds. The van der Waals surface area contributed by atoms with Gasteiger partial charge in [0.05, 0.1) is 11.0 Å². The molecule has 2 aromatic rings. The molecule has 0 aliphatic carbocycles. The van der Waals surface area contributed by atoms with Crippen molar-refractivity contribution in [1.82, 2.24) is 19.8 Å². The van der Waals surface area contributed by atoms with Crippen LogP contribution in [0.3, 0.4) is 0 Å². The summed E-state index contributed by atoms with van der Waals surface area (Å²) in [4.78, 5) is 35.9. The molecule has 0 bridgehead atoms. The van der Waals surface area contributed by atoms with Crippen LogP contribution in [0.5, 0.6) is 0 Å². The summed E-state index contributed by atoms with van der Waals surface area (Å²) in [6.45, 7) is 12.5. The smallest absolute Gasteiger partial charge is 0.410 e. The predicted octanol–water partition coefficient (Wildman–Crippen LogP) is 3.10. The molecule has 0 radical (unpaired) electrons. The van der Waals surface area contributed by atoms with Crippen LogP contribution in [0, 0.1) is 0 Å². The lowest BCUT2D eigenvalue weighted by molar-refractivity contribution is 0.0110. The van der Waals surface area contributed by atoms with Gasteiger partial charge in [-0.1, -0.05) is 6.92 Å². The molecular weight excluding hydrogens is 356 g/mol. The summed E-state index contributed by atoms with van der Waals surface area (Å²) in [6, 6.07) is 4.02. The van der Waals surface area contributed by atoms with Gasteiger partial charge in [-0.2, -0.15) is 0 Å². The number of ether oxygens (including phenoxy) is 1. The van der Waals surface area contributed by atoms with Crippen LogP contribution in [0.2, 0.25) is 0 Å². The topological polar surface area (TPSA) is 78.5 Å². The van der Waals surface area contributed by atoms with Crippen LogP contribution in [0.4, 0.5) is 4.79 Å². The van der Waals surface area contributed by atoms with E-state index in [0.717, 1.165) is 35.2 Å². The zero-order valence-corrected chi connectivity index (χ0v) is 17.4. The van der Waals surface area contributed by atoms with Gasteiger partial charge < -0.3 is 14.6 Å². The number of carbonyl (C=O) groups is 1. The van der Waals surface area contributed by atoms with Crippen LogP contribution in [-0.4, -0.2) is 57.6 Å². The van der Waals surface area contributed by atoms with Gasteiger partial charge in [0.25, 0.3) is 5.56 Å². The highest BCUT2D eigenvalue weighted by Gasteiger charge is 2.28. The highest BCUT2D eigenvalue weighted by atomic mass is 16.6. The van der Waals surface area contributed by atoms with Crippen molar-refractivity contribution in [3.05, 3.63) is 39.8 Å². The highest BCUT2D eigenvalue weighted by molar-refractivity contribution is 5.75. The Balaban J connectivity index is 1.69. The molecule has 1 aliphatic rings. The molecule has 2 aromatic heterocycles. The van der Waals surface area contributed by atoms with E-state index in [-0.39, 0.29) is 17.7 Å². The molecule has 1 saturated heterocycles. The molecule has 1 N–H and O–H groups in total. The lowest BCUT2D eigenvalue weighted by atomic mass is 10.1. The molecular formula is C21H30N4O3. The summed E-state index contributed by atoms with van der Waals surface area (Å²) in [7, 11) is 0. The van der Waals surface area contributed by atoms with Crippen molar-refractivity contribution in [3.8, 4) is 0 Å². The number of pyridine rings is 2. The van der Waals surface area contributed by atoms with Crippen molar-refractivity contribution >= 4 is 17.1 Å². The van der Waals surface area contributed by atoms with E-state index in [1.807, 2.05) is 46.0 Å². The van der Waals surface area contributed by atoms with Gasteiger partial charge in [-0.15, -0.1) is 0 Å². The van der Waals surface area contributed by atoms with Crippen molar-refractivity contribution in [2.45, 2.75) is 52.7 Å². The standard InChI is InChI=1S/C21H30N4O3/c1-6-15-11-17-18(23-19(15)26)12-16(13-22-17)14(2)24-7-9-25(10-8-24)20(27)28-21(3,4)5/h11-14H,6-10H2,1-5H3,(H,23,26)/t14-/m0/s1. The quantitative estimate of drug-likeness (QED) is 0.877. The molecule has 1 aliphatic heterocycles. The first kappa shape index (κ1) is 20.3. The number of carbonyl (C=O) groups excluding carboxylic acids is 1. The Bertz CT molecular complexity index is 908. The Morgan fingerprint density at radius 2 is 1.93 bits per heavy atom. The van der Waals surface area contributed by atoms with E-state index in [2.05, 4.69) is 21.8 Å². The number of aromatic nitrogens is 2. The van der Waals surface area contributed by atoms with E-state index in [1.165, 1.54) is 0 Å². The normalized spacial score (nSPS) is 17.0. The summed E-state index contributed by atoms with van der Waals surface area (Å²) in [5.74, 6) is 0. The average Bonchev–Trinajstić information content (AvgIpc) is 2.65. The van der Waals surface area contributed by atoms with Gasteiger partial charge in [0.15, 0.2) is 0 Å². The number of fused-ring (bicyclic) bond motifs is 1. The van der Waals surface area contributed by atoms with Crippen LogP contribution in [0.15, 0.2) is 23.1 Å². The Morgan fingerprint density at radius 3 is 2.54 bits per heavy atom. The average molecular weight is 386 g/mol. The first-order chi connectivity index (χ1) is 13.2. The number of amides is 1. The van der Waals surface area contributed by atoms with Crippen molar-refractivity contribution in [3.63, 3.8) is 0 Å². The molecule has 3 heterocycles. The molecule has 0 spiro atoms. The third-order valence-corrected chi connectivity index (χ3v) is 5.17. The molecule has 7 heteroatoms. The number of nitrogens with zero attached hydrogens (tertiary/aromatic N) is 3. The van der Waals surface area contributed by atoms with Crippen molar-refractivity contribution < 1.29 is 9.53 Å². The molecule has 3 rings (SSSR count). The van der Waals surface area contributed by atoms with Crippen LogP contribution in [0.25, 0.3) is 11.0 Å². The van der Waals surface area contributed by atoms with E-state index >= 15 is 0 Å². The maximum absolute atomic E-state index is 12.2. The number of nitrogens with one attached hydrogen (secondary N) is 1. The SMILES string of the molecule is CCc1cc2ncc([C@H](C)N3CCN(C(=O)OC(C)(C)C)CC3)cc2[nH]c1=O. The minimum atomic E-state index is -0.479. The summed E-state index contributed by atoms with van der Waals surface area (Å²) in [5, 5.41) is 0. The molecule has 1 fully saturated rings. The Morgan fingerprint density at radius 1 is 1.25 bits per heavy atom. The van der Waals surface area contributed by atoms with Gasteiger partial charge in [0.1, 0.15) is 5.60 Å². The number of aryl methyl sites for hydroxylation is 1. The Kier molecular flexibility index (Phi) is 5.74. The predicted molar refractivity (Wildman–Crippen MR) is 110 cm³/mol. The third kappa shape index (κ3) is 4.52. The minimum absolute atomic E-state index is 0.0485. The summed E-state index contributed by atoms with van der Waals surface area (Å²) in [5.41, 5.74) is 2.85. The fourth-order valence-electron chi connectivity index (χ4n) is 3.46.